The lowest BCUT2D eigenvalue weighted by Crippen LogP contribution is -2.33. The highest BCUT2D eigenvalue weighted by atomic mass is 32.2. The number of fused-ring (bicyclic) bond motifs is 1. The number of amides is 1. The van der Waals surface area contributed by atoms with Crippen molar-refractivity contribution in [1.82, 2.24) is 14.9 Å². The Kier molecular flexibility index (Phi) is 17.9. The predicted molar refractivity (Wildman–Crippen MR) is 233 cm³/mol. The third-order valence-electron chi connectivity index (χ3n) is 9.86. The first kappa shape index (κ1) is 52.5. The number of pyridine rings is 1. The zero-order valence-corrected chi connectivity index (χ0v) is 38.6. The van der Waals surface area contributed by atoms with E-state index in [-0.39, 0.29) is 43.0 Å². The Hall–Kier alpha value is -4.49. The number of anilines is 1. The number of carbonyl (C=O) groups is 1. The summed E-state index contributed by atoms with van der Waals surface area (Å²) in [6.07, 6.45) is 5.52. The summed E-state index contributed by atoms with van der Waals surface area (Å²) < 4.78 is 91.0. The molecular formula is C37H49N5O20P3S+. The van der Waals surface area contributed by atoms with Crippen molar-refractivity contribution in [3.8, 4) is 11.1 Å². The van der Waals surface area contributed by atoms with Crippen LogP contribution in [-0.2, 0) is 53.0 Å². The molecule has 0 aliphatic carbocycles. The lowest BCUT2D eigenvalue weighted by atomic mass is 10.1. The average molecular weight is 1010 g/mol. The van der Waals surface area contributed by atoms with Gasteiger partial charge in [-0.1, -0.05) is 18.6 Å². The average Bonchev–Trinajstić information content (AvgIpc) is 3.58. The third-order valence-corrected chi connectivity index (χ3v) is 14.5. The lowest BCUT2D eigenvalue weighted by Gasteiger charge is -2.23. The number of carbonyl (C=O) groups excluding carboxylic acids is 1. The van der Waals surface area contributed by atoms with Crippen LogP contribution >= 0.6 is 23.5 Å². The fourth-order valence-electron chi connectivity index (χ4n) is 6.74. The number of aryl methyl sites for hydroxylation is 1. The van der Waals surface area contributed by atoms with Gasteiger partial charge in [-0.05, 0) is 38.0 Å². The second-order valence-electron chi connectivity index (χ2n) is 14.8. The van der Waals surface area contributed by atoms with Crippen LogP contribution in [0.25, 0.3) is 28.2 Å². The molecule has 5 atom stereocenters. The number of phosphoric acid groups is 3. The number of unbranched alkanes of at least 4 members (excludes halogenated alkanes) is 2. The number of hydrogen-bond donors (Lipinski definition) is 8. The monoisotopic (exact) mass is 1010 g/mol. The van der Waals surface area contributed by atoms with Crippen LogP contribution in [0.3, 0.4) is 0 Å². The summed E-state index contributed by atoms with van der Waals surface area (Å²) in [7, 11) is -21.0. The number of aliphatic hydroxyl groups is 1. The molecule has 5 rings (SSSR count). The Morgan fingerprint density at radius 1 is 1.02 bits per heavy atom. The Balaban J connectivity index is 1.05. The number of rotatable bonds is 24. The molecule has 66 heavy (non-hydrogen) atoms. The fourth-order valence-corrected chi connectivity index (χ4v) is 10.3. The van der Waals surface area contributed by atoms with Crippen molar-refractivity contribution >= 4 is 62.2 Å². The molecule has 4 aromatic rings. The molecule has 25 nitrogen and oxygen atoms in total. The number of nitrogens with one attached hydrogen (secondary N) is 2. The van der Waals surface area contributed by atoms with Crippen LogP contribution in [0.4, 0.5) is 5.69 Å². The van der Waals surface area contributed by atoms with E-state index in [1.165, 1.54) is 12.2 Å². The van der Waals surface area contributed by atoms with E-state index in [2.05, 4.69) is 28.3 Å². The van der Waals surface area contributed by atoms with E-state index in [9.17, 15) is 56.2 Å². The number of hydrogen-bond acceptors (Lipinski definition) is 16. The van der Waals surface area contributed by atoms with Gasteiger partial charge in [0, 0.05) is 79.9 Å². The minimum absolute atomic E-state index is 0.0328. The predicted octanol–water partition coefficient (Wildman–Crippen LogP) is 2.08. The van der Waals surface area contributed by atoms with Gasteiger partial charge in [-0.25, -0.2) is 27.9 Å². The van der Waals surface area contributed by atoms with Gasteiger partial charge < -0.3 is 44.1 Å². The highest BCUT2D eigenvalue weighted by molar-refractivity contribution is 7.85. The van der Waals surface area contributed by atoms with Crippen LogP contribution in [0.5, 0.6) is 0 Å². The minimum Gasteiger partial charge on any atom is -0.422 e. The molecule has 0 saturated carbocycles. The molecule has 1 aromatic carbocycles. The van der Waals surface area contributed by atoms with Gasteiger partial charge in [-0.3, -0.25) is 28.2 Å². The number of nitrogens with zero attached hydrogens (tertiary/aromatic N) is 3. The molecule has 0 bridgehead atoms. The highest BCUT2D eigenvalue weighted by Gasteiger charge is 2.43. The largest absolute Gasteiger partial charge is 0.490 e. The van der Waals surface area contributed by atoms with E-state index in [1.54, 1.807) is 41.2 Å². The molecule has 4 heterocycles. The molecule has 2 unspecified atom stereocenters. The smallest absolute Gasteiger partial charge is 0.422 e. The van der Waals surface area contributed by atoms with Gasteiger partial charge in [0.15, 0.2) is 12.4 Å². The topological polar surface area (TPSA) is 365 Å². The zero-order valence-electron chi connectivity index (χ0n) is 35.1. The van der Waals surface area contributed by atoms with E-state index < -0.39 is 75.5 Å². The van der Waals surface area contributed by atoms with E-state index in [1.807, 2.05) is 19.1 Å². The fraction of sp³-hybridized carbons (Fsp3) is 0.432. The van der Waals surface area contributed by atoms with Crippen molar-refractivity contribution in [1.29, 1.82) is 0 Å². The van der Waals surface area contributed by atoms with E-state index >= 15 is 0 Å². The maximum Gasteiger partial charge on any atom is 0.490 e. The normalized spacial score (nSPS) is 18.6. The number of ether oxygens (including phenoxy) is 1. The SMILES string of the molecule is CCN(CCCCCC(=O)NC/C=C/c1cn([C@H]2C[C@H](O)[C@@H](COP(=O)(O)OP(=O)(O)OP(=O)(O)O)O2)c(=O)[nH]c1=O)c1ccc2cc(-c3cc[n+](CCCS(=O)(=O)O)cc3)c(=O)oc2c1. The Morgan fingerprint density at radius 3 is 2.42 bits per heavy atom. The second-order valence-corrected chi connectivity index (χ2v) is 20.8. The molecule has 362 valence electrons. The van der Waals surface area contributed by atoms with Crippen LogP contribution < -0.4 is 31.7 Å². The van der Waals surface area contributed by atoms with Crippen molar-refractivity contribution < 1.29 is 83.0 Å². The second kappa shape index (κ2) is 22.5. The first-order chi connectivity index (χ1) is 30.9. The molecular weight excluding hydrogens is 959 g/mol. The minimum atomic E-state index is -5.78. The summed E-state index contributed by atoms with van der Waals surface area (Å²) in [6.45, 7) is 2.78. The molecule has 0 radical (unpaired) electrons. The maximum atomic E-state index is 13.0. The van der Waals surface area contributed by atoms with Crippen LogP contribution in [0.15, 0.2) is 79.9 Å². The number of phosphoric ester groups is 1. The summed E-state index contributed by atoms with van der Waals surface area (Å²) in [5.74, 6) is -0.595. The van der Waals surface area contributed by atoms with Crippen molar-refractivity contribution in [3.63, 3.8) is 0 Å². The number of aromatic amines is 1. The number of aromatic nitrogens is 3. The van der Waals surface area contributed by atoms with Crippen LogP contribution in [-0.4, -0.2) is 97.3 Å². The Morgan fingerprint density at radius 2 is 1.74 bits per heavy atom. The molecule has 29 heteroatoms. The molecule has 1 saturated heterocycles. The molecule has 1 aliphatic rings. The van der Waals surface area contributed by atoms with E-state index in [4.69, 9.17) is 23.5 Å². The van der Waals surface area contributed by atoms with Crippen LogP contribution in [0.1, 0.15) is 57.2 Å². The van der Waals surface area contributed by atoms with E-state index in [0.29, 0.717) is 42.8 Å². The van der Waals surface area contributed by atoms with Gasteiger partial charge in [-0.15, -0.1) is 0 Å². The van der Waals surface area contributed by atoms with Gasteiger partial charge in [0.05, 0.1) is 29.6 Å². The summed E-state index contributed by atoms with van der Waals surface area (Å²) >= 11 is 0. The number of H-pyrrole nitrogens is 1. The molecule has 0 spiro atoms. The number of benzene rings is 1. The van der Waals surface area contributed by atoms with Crippen molar-refractivity contribution in [2.24, 2.45) is 0 Å². The lowest BCUT2D eigenvalue weighted by molar-refractivity contribution is -0.696. The molecule has 1 fully saturated rings. The first-order valence-electron chi connectivity index (χ1n) is 20.1. The van der Waals surface area contributed by atoms with Crippen molar-refractivity contribution in [2.45, 2.75) is 70.4 Å². The highest BCUT2D eigenvalue weighted by Crippen LogP contribution is 2.66. The maximum absolute atomic E-state index is 13.0. The van der Waals surface area contributed by atoms with Crippen molar-refractivity contribution in [3.05, 3.63) is 97.9 Å². The quantitative estimate of drug-likeness (QED) is 0.0164. The van der Waals surface area contributed by atoms with Crippen molar-refractivity contribution in [2.75, 3.05) is 36.9 Å². The third kappa shape index (κ3) is 16.1. The summed E-state index contributed by atoms with van der Waals surface area (Å²) in [5, 5.41) is 13.8. The molecule has 1 amide bonds. The van der Waals surface area contributed by atoms with Crippen LogP contribution in [0.2, 0.25) is 0 Å². The standard InChI is InChI=1S/C37H48N5O20P3S/c1-2-41(28-11-10-26-20-29(36(46)60-31(26)21-28)25-12-17-40(18-13-25)15-7-19-66(55,56)57)16-5-3-4-9-33(44)38-14-6-8-27-23-42(37(47)39-35(27)45)34-22-30(43)32(59-34)24-58-64(51,52)62-65(53,54)61-63(48,49)50/h6,8,10-13,17-18,20-21,23,30,32,34,43H,2-5,7,9,14-16,19,22,24H2,1H3,(H6-,38,39,44,45,47,48,49,50,51,52,53,54,55,56,57)/p+1/b8-6+/t30-,32+,34+/m0/s1. The van der Waals surface area contributed by atoms with E-state index in [0.717, 1.165) is 34.7 Å². The molecule has 3 aromatic heterocycles. The summed E-state index contributed by atoms with van der Waals surface area (Å²) in [5.41, 5.74) is 0.00692. The molecule has 1 aliphatic heterocycles. The first-order valence-corrected chi connectivity index (χ1v) is 26.2. The van der Waals surface area contributed by atoms with Gasteiger partial charge in [0.2, 0.25) is 5.91 Å². The van der Waals surface area contributed by atoms with Gasteiger partial charge in [-0.2, -0.15) is 17.0 Å². The van der Waals surface area contributed by atoms with Gasteiger partial charge in [0.25, 0.3) is 15.7 Å². The Bertz CT molecular complexity index is 2830. The zero-order chi connectivity index (χ0) is 48.5. The van der Waals surface area contributed by atoms with Crippen LogP contribution in [0, 0.1) is 0 Å². The number of aliphatic hydroxyl groups excluding tert-OH is 1. The van der Waals surface area contributed by atoms with Gasteiger partial charge in [0.1, 0.15) is 24.5 Å². The molecule has 8 N–H and O–H groups in total. The summed E-state index contributed by atoms with van der Waals surface area (Å²) in [4.78, 5) is 91.1. The Labute approximate surface area is 375 Å². The summed E-state index contributed by atoms with van der Waals surface area (Å²) in [6, 6.07) is 10.8. The van der Waals surface area contributed by atoms with Gasteiger partial charge >= 0.3 is 34.8 Å².